The molecule has 0 aliphatic heterocycles. The summed E-state index contributed by atoms with van der Waals surface area (Å²) in [6, 6.07) is 22.7. The molecular formula is C27H24N4O3. The smallest absolute Gasteiger partial charge is 0.305 e. The summed E-state index contributed by atoms with van der Waals surface area (Å²) in [6.45, 7) is 0. The fourth-order valence-corrected chi connectivity index (χ4v) is 4.39. The number of hydrogen-bond acceptors (Lipinski definition) is 3. The number of para-hydroxylation sites is 1. The molecule has 1 amide bonds. The molecule has 1 atom stereocenters. The van der Waals surface area contributed by atoms with E-state index in [4.69, 9.17) is 0 Å². The summed E-state index contributed by atoms with van der Waals surface area (Å²) in [5.74, 6) is -0.952. The van der Waals surface area contributed by atoms with E-state index >= 15 is 0 Å². The maximum atomic E-state index is 12.6. The van der Waals surface area contributed by atoms with Crippen LogP contribution < -0.4 is 5.32 Å². The van der Waals surface area contributed by atoms with Crippen LogP contribution in [-0.4, -0.2) is 31.5 Å². The monoisotopic (exact) mass is 452 g/mol. The average Bonchev–Trinajstić information content (AvgIpc) is 3.45. The molecule has 7 heteroatoms. The third-order valence-corrected chi connectivity index (χ3v) is 6.04. The van der Waals surface area contributed by atoms with E-state index in [1.807, 2.05) is 77.5 Å². The van der Waals surface area contributed by atoms with E-state index in [9.17, 15) is 14.7 Å². The van der Waals surface area contributed by atoms with Gasteiger partial charge in [-0.1, -0.05) is 48.5 Å². The van der Waals surface area contributed by atoms with Crippen molar-refractivity contribution in [1.82, 2.24) is 14.5 Å². The van der Waals surface area contributed by atoms with Crippen LogP contribution in [0.25, 0.3) is 21.9 Å². The summed E-state index contributed by atoms with van der Waals surface area (Å²) < 4.78 is 1.88. The third kappa shape index (κ3) is 4.41. The minimum absolute atomic E-state index is 0.0538. The van der Waals surface area contributed by atoms with Gasteiger partial charge in [0.15, 0.2) is 0 Å². The molecule has 1 unspecified atom stereocenters. The van der Waals surface area contributed by atoms with Gasteiger partial charge in [-0.25, -0.2) is 4.98 Å². The lowest BCUT2D eigenvalue weighted by atomic mass is 10.0. The number of nitrogens with one attached hydrogen (secondary N) is 2. The second-order valence-corrected chi connectivity index (χ2v) is 8.29. The normalized spacial score (nSPS) is 12.1. The number of carbonyl (C=O) groups is 2. The van der Waals surface area contributed by atoms with Crippen molar-refractivity contribution < 1.29 is 14.7 Å². The fourth-order valence-electron chi connectivity index (χ4n) is 4.39. The zero-order valence-electron chi connectivity index (χ0n) is 18.4. The topological polar surface area (TPSA) is 100 Å². The molecule has 2 heterocycles. The predicted octanol–water partition coefficient (Wildman–Crippen LogP) is 5.15. The Morgan fingerprint density at radius 1 is 1.03 bits per heavy atom. The lowest BCUT2D eigenvalue weighted by molar-refractivity contribution is -0.137. The molecule has 0 saturated carbocycles. The average molecular weight is 453 g/mol. The lowest BCUT2D eigenvalue weighted by Gasteiger charge is -2.18. The Morgan fingerprint density at radius 3 is 2.65 bits per heavy atom. The van der Waals surface area contributed by atoms with Crippen LogP contribution in [-0.2, 0) is 16.0 Å². The number of H-pyrrole nitrogens is 1. The number of carbonyl (C=O) groups excluding carboxylic acids is 1. The first-order valence-corrected chi connectivity index (χ1v) is 11.2. The first-order chi connectivity index (χ1) is 16.6. The van der Waals surface area contributed by atoms with Gasteiger partial charge in [0.05, 0.1) is 29.8 Å². The number of amides is 1. The van der Waals surface area contributed by atoms with Gasteiger partial charge in [0.2, 0.25) is 5.91 Å². The molecule has 5 rings (SSSR count). The number of imidazole rings is 1. The van der Waals surface area contributed by atoms with Crippen molar-refractivity contribution in [3.63, 3.8) is 0 Å². The summed E-state index contributed by atoms with van der Waals surface area (Å²) in [5, 5.41) is 13.5. The minimum atomic E-state index is -0.880. The Labute approximate surface area is 196 Å². The Bertz CT molecular complexity index is 1470. The van der Waals surface area contributed by atoms with Gasteiger partial charge in [0.25, 0.3) is 0 Å². The SMILES string of the molecule is O=C(O)CC(c1ccccc1)n1cnc2cc(NC(=O)CCc3c[nH]c4ccccc34)ccc21. The molecule has 170 valence electrons. The summed E-state index contributed by atoms with van der Waals surface area (Å²) in [6.07, 6.45) is 4.57. The Kier molecular flexibility index (Phi) is 5.82. The largest absolute Gasteiger partial charge is 0.481 e. The molecule has 0 aliphatic carbocycles. The Balaban J connectivity index is 1.31. The van der Waals surface area contributed by atoms with Gasteiger partial charge in [-0.3, -0.25) is 9.59 Å². The van der Waals surface area contributed by atoms with Gasteiger partial charge < -0.3 is 20.0 Å². The van der Waals surface area contributed by atoms with Gasteiger partial charge in [0, 0.05) is 29.2 Å². The van der Waals surface area contributed by atoms with Crippen molar-refractivity contribution in [2.45, 2.75) is 25.3 Å². The number of aliphatic carboxylic acids is 1. The number of aromatic nitrogens is 3. The minimum Gasteiger partial charge on any atom is -0.481 e. The highest BCUT2D eigenvalue weighted by molar-refractivity contribution is 5.93. The van der Waals surface area contributed by atoms with Crippen molar-refractivity contribution >= 4 is 39.5 Å². The van der Waals surface area contributed by atoms with Gasteiger partial charge in [-0.15, -0.1) is 0 Å². The maximum absolute atomic E-state index is 12.6. The Morgan fingerprint density at radius 2 is 1.82 bits per heavy atom. The number of nitrogens with zero attached hydrogens (tertiary/aromatic N) is 2. The van der Waals surface area contributed by atoms with E-state index in [0.29, 0.717) is 24.0 Å². The number of hydrogen-bond donors (Lipinski definition) is 3. The summed E-state index contributed by atoms with van der Waals surface area (Å²) in [4.78, 5) is 31.8. The molecular weight excluding hydrogens is 428 g/mol. The second-order valence-electron chi connectivity index (χ2n) is 8.29. The molecule has 0 fully saturated rings. The number of benzene rings is 3. The van der Waals surface area contributed by atoms with Crippen molar-refractivity contribution in [2.75, 3.05) is 5.32 Å². The second kappa shape index (κ2) is 9.23. The first kappa shape index (κ1) is 21.5. The van der Waals surface area contributed by atoms with Crippen LogP contribution in [0.3, 0.4) is 0 Å². The highest BCUT2D eigenvalue weighted by atomic mass is 16.4. The molecule has 5 aromatic rings. The zero-order chi connectivity index (χ0) is 23.5. The zero-order valence-corrected chi connectivity index (χ0v) is 18.4. The quantitative estimate of drug-likeness (QED) is 0.303. The molecule has 3 aromatic carbocycles. The predicted molar refractivity (Wildman–Crippen MR) is 132 cm³/mol. The number of rotatable bonds is 8. The van der Waals surface area contributed by atoms with E-state index in [2.05, 4.69) is 21.4 Å². The molecule has 0 bridgehead atoms. The van der Waals surface area contributed by atoms with E-state index in [1.54, 1.807) is 6.33 Å². The van der Waals surface area contributed by atoms with Crippen molar-refractivity contribution in [2.24, 2.45) is 0 Å². The molecule has 0 aliphatic rings. The molecule has 2 aromatic heterocycles. The summed E-state index contributed by atoms with van der Waals surface area (Å²) in [7, 11) is 0. The highest BCUT2D eigenvalue weighted by Gasteiger charge is 2.20. The van der Waals surface area contributed by atoms with Gasteiger partial charge in [-0.2, -0.15) is 0 Å². The van der Waals surface area contributed by atoms with Crippen LogP contribution in [0.5, 0.6) is 0 Å². The number of carboxylic acids is 1. The number of fused-ring (bicyclic) bond motifs is 2. The molecule has 0 saturated heterocycles. The lowest BCUT2D eigenvalue weighted by Crippen LogP contribution is -2.14. The standard InChI is InChI=1S/C27H24N4O3/c32-26(13-10-19-16-28-22-9-5-4-8-21(19)22)30-20-11-12-24-23(14-20)29-17-31(24)25(15-27(33)34)18-6-2-1-3-7-18/h1-9,11-12,14,16-17,25,28H,10,13,15H2,(H,30,32)(H,33,34). The van der Waals surface area contributed by atoms with E-state index in [1.165, 1.54) is 0 Å². The molecule has 0 radical (unpaired) electrons. The van der Waals surface area contributed by atoms with Crippen molar-refractivity contribution in [3.05, 3.63) is 96.4 Å². The number of aryl methyl sites for hydroxylation is 1. The van der Waals surface area contributed by atoms with Gasteiger partial charge in [-0.05, 0) is 41.8 Å². The third-order valence-electron chi connectivity index (χ3n) is 6.04. The summed E-state index contributed by atoms with van der Waals surface area (Å²) >= 11 is 0. The maximum Gasteiger partial charge on any atom is 0.305 e. The molecule has 7 nitrogen and oxygen atoms in total. The molecule has 0 spiro atoms. The Hall–Kier alpha value is -4.39. The van der Waals surface area contributed by atoms with Crippen LogP contribution >= 0.6 is 0 Å². The van der Waals surface area contributed by atoms with Gasteiger partial charge >= 0.3 is 5.97 Å². The van der Waals surface area contributed by atoms with Crippen LogP contribution in [0.15, 0.2) is 85.3 Å². The van der Waals surface area contributed by atoms with Crippen LogP contribution in [0, 0.1) is 0 Å². The van der Waals surface area contributed by atoms with Crippen molar-refractivity contribution in [3.8, 4) is 0 Å². The van der Waals surface area contributed by atoms with E-state index in [-0.39, 0.29) is 18.4 Å². The first-order valence-electron chi connectivity index (χ1n) is 11.2. The molecule has 3 N–H and O–H groups in total. The number of carboxylic acid groups (broad SMARTS) is 1. The van der Waals surface area contributed by atoms with Crippen molar-refractivity contribution in [1.29, 1.82) is 0 Å². The highest BCUT2D eigenvalue weighted by Crippen LogP contribution is 2.28. The van der Waals surface area contributed by atoms with E-state index < -0.39 is 5.97 Å². The van der Waals surface area contributed by atoms with Crippen LogP contribution in [0.1, 0.15) is 30.0 Å². The van der Waals surface area contributed by atoms with Crippen LogP contribution in [0.2, 0.25) is 0 Å². The van der Waals surface area contributed by atoms with E-state index in [0.717, 1.165) is 27.5 Å². The number of anilines is 1. The van der Waals surface area contributed by atoms with Crippen LogP contribution in [0.4, 0.5) is 5.69 Å². The number of aromatic amines is 1. The fraction of sp³-hybridized carbons (Fsp3) is 0.148. The summed E-state index contributed by atoms with van der Waals surface area (Å²) in [5.41, 5.74) is 5.25. The molecule has 34 heavy (non-hydrogen) atoms. The van der Waals surface area contributed by atoms with Gasteiger partial charge in [0.1, 0.15) is 0 Å².